The highest BCUT2D eigenvalue weighted by Gasteiger charge is 2.13. The molecule has 1 aromatic carbocycles. The van der Waals surface area contributed by atoms with Crippen LogP contribution in [0.15, 0.2) is 51.9 Å². The molecule has 4 nitrogen and oxygen atoms in total. The second-order valence-electron chi connectivity index (χ2n) is 4.14. The van der Waals surface area contributed by atoms with Gasteiger partial charge in [-0.25, -0.2) is 0 Å². The Hall–Kier alpha value is -1.88. The Labute approximate surface area is 125 Å². The molecule has 0 unspecified atom stereocenters. The van der Waals surface area contributed by atoms with Crippen molar-refractivity contribution in [3.8, 4) is 5.75 Å². The second-order valence-corrected chi connectivity index (χ2v) is 5.00. The van der Waals surface area contributed by atoms with Gasteiger partial charge in [0.2, 0.25) is 0 Å². The molecular formula is C15H14BrNO3. The van der Waals surface area contributed by atoms with E-state index in [0.29, 0.717) is 22.4 Å². The lowest BCUT2D eigenvalue weighted by Gasteiger charge is -2.10. The van der Waals surface area contributed by atoms with E-state index in [-0.39, 0.29) is 17.9 Å². The number of para-hydroxylation sites is 1. The van der Waals surface area contributed by atoms with Gasteiger partial charge in [-0.15, -0.1) is 0 Å². The van der Waals surface area contributed by atoms with Crippen LogP contribution >= 0.6 is 15.9 Å². The number of carbonyl (C=O) groups excluding carboxylic acids is 1. The van der Waals surface area contributed by atoms with Crippen molar-refractivity contribution in [3.63, 3.8) is 0 Å². The van der Waals surface area contributed by atoms with Crippen LogP contribution < -0.4 is 10.3 Å². The first-order valence-corrected chi connectivity index (χ1v) is 7.02. The zero-order valence-corrected chi connectivity index (χ0v) is 12.6. The van der Waals surface area contributed by atoms with Crippen LogP contribution in [0.2, 0.25) is 0 Å². The largest absolute Gasteiger partial charge is 0.493 e. The van der Waals surface area contributed by atoms with Crippen molar-refractivity contribution in [1.82, 2.24) is 4.57 Å². The molecular weight excluding hydrogens is 322 g/mol. The molecule has 20 heavy (non-hydrogen) atoms. The summed E-state index contributed by atoms with van der Waals surface area (Å²) in [6.45, 7) is 2.34. The molecule has 0 fully saturated rings. The lowest BCUT2D eigenvalue weighted by atomic mass is 10.1. The molecule has 0 saturated heterocycles. The Morgan fingerprint density at radius 1 is 1.25 bits per heavy atom. The van der Waals surface area contributed by atoms with Crippen LogP contribution in [0.25, 0.3) is 0 Å². The van der Waals surface area contributed by atoms with Gasteiger partial charge in [0, 0.05) is 6.20 Å². The van der Waals surface area contributed by atoms with Gasteiger partial charge in [0.1, 0.15) is 5.75 Å². The number of rotatable bonds is 5. The molecule has 0 aliphatic heterocycles. The zero-order chi connectivity index (χ0) is 14.5. The Kier molecular flexibility index (Phi) is 4.74. The third-order valence-electron chi connectivity index (χ3n) is 2.77. The van der Waals surface area contributed by atoms with Gasteiger partial charge in [-0.05, 0) is 47.1 Å². The molecule has 2 aromatic rings. The van der Waals surface area contributed by atoms with Crippen LogP contribution in [0.4, 0.5) is 0 Å². The summed E-state index contributed by atoms with van der Waals surface area (Å²) in [6, 6.07) is 10.4. The third-order valence-corrected chi connectivity index (χ3v) is 3.38. The topological polar surface area (TPSA) is 48.3 Å². The van der Waals surface area contributed by atoms with Crippen LogP contribution in [0, 0.1) is 0 Å². The Morgan fingerprint density at radius 2 is 2.00 bits per heavy atom. The van der Waals surface area contributed by atoms with Gasteiger partial charge in [0.25, 0.3) is 5.56 Å². The van der Waals surface area contributed by atoms with Crippen molar-refractivity contribution in [2.24, 2.45) is 0 Å². The number of aromatic nitrogens is 1. The first kappa shape index (κ1) is 14.5. The van der Waals surface area contributed by atoms with Gasteiger partial charge in [0.15, 0.2) is 5.78 Å². The van der Waals surface area contributed by atoms with E-state index in [9.17, 15) is 9.59 Å². The fourth-order valence-electron chi connectivity index (χ4n) is 1.85. The number of ether oxygens (including phenoxy) is 1. The van der Waals surface area contributed by atoms with Crippen molar-refractivity contribution in [2.75, 3.05) is 6.61 Å². The minimum absolute atomic E-state index is 0.0115. The molecule has 104 valence electrons. The zero-order valence-electron chi connectivity index (χ0n) is 11.0. The quantitative estimate of drug-likeness (QED) is 0.789. The second kappa shape index (κ2) is 6.52. The first-order chi connectivity index (χ1) is 9.63. The van der Waals surface area contributed by atoms with E-state index in [0.717, 1.165) is 0 Å². The number of ketones is 1. The monoisotopic (exact) mass is 335 g/mol. The normalized spacial score (nSPS) is 10.3. The lowest BCUT2D eigenvalue weighted by molar-refractivity contribution is 0.0967. The maximum absolute atomic E-state index is 12.3. The predicted molar refractivity (Wildman–Crippen MR) is 80.3 cm³/mol. The molecule has 0 amide bonds. The number of pyridine rings is 1. The van der Waals surface area contributed by atoms with Crippen molar-refractivity contribution < 1.29 is 9.53 Å². The molecule has 0 N–H and O–H groups in total. The summed E-state index contributed by atoms with van der Waals surface area (Å²) in [6.07, 6.45) is 1.59. The van der Waals surface area contributed by atoms with Crippen molar-refractivity contribution in [3.05, 3.63) is 63.0 Å². The maximum atomic E-state index is 12.3. The first-order valence-electron chi connectivity index (χ1n) is 6.23. The number of carbonyl (C=O) groups is 1. The van der Waals surface area contributed by atoms with Crippen LogP contribution in [0.1, 0.15) is 17.3 Å². The minimum Gasteiger partial charge on any atom is -0.493 e. The Balaban J connectivity index is 2.29. The predicted octanol–water partition coefficient (Wildman–Crippen LogP) is 2.89. The highest BCUT2D eigenvalue weighted by Crippen LogP contribution is 2.19. The van der Waals surface area contributed by atoms with Crippen LogP contribution in [-0.4, -0.2) is 17.0 Å². The van der Waals surface area contributed by atoms with E-state index < -0.39 is 0 Å². The summed E-state index contributed by atoms with van der Waals surface area (Å²) in [5, 5.41) is 0. The number of halogens is 1. The highest BCUT2D eigenvalue weighted by atomic mass is 79.9. The maximum Gasteiger partial charge on any atom is 0.265 e. The molecule has 0 spiro atoms. The van der Waals surface area contributed by atoms with Gasteiger partial charge >= 0.3 is 0 Å². The fraction of sp³-hybridized carbons (Fsp3) is 0.200. The molecule has 0 aliphatic carbocycles. The smallest absolute Gasteiger partial charge is 0.265 e. The van der Waals surface area contributed by atoms with Gasteiger partial charge < -0.3 is 9.30 Å². The summed E-state index contributed by atoms with van der Waals surface area (Å²) in [5.41, 5.74) is 0.260. The van der Waals surface area contributed by atoms with Crippen molar-refractivity contribution in [2.45, 2.75) is 13.5 Å². The summed E-state index contributed by atoms with van der Waals surface area (Å²) in [7, 11) is 0. The summed E-state index contributed by atoms with van der Waals surface area (Å²) in [5.74, 6) is 0.386. The Morgan fingerprint density at radius 3 is 2.75 bits per heavy atom. The Bertz CT molecular complexity index is 679. The number of hydrogen-bond acceptors (Lipinski definition) is 3. The number of Topliss-reactive ketones (excluding diaryl/α,β-unsaturated/α-hetero) is 1. The number of benzene rings is 1. The van der Waals surface area contributed by atoms with E-state index in [1.165, 1.54) is 4.57 Å². The summed E-state index contributed by atoms with van der Waals surface area (Å²) >= 11 is 3.16. The van der Waals surface area contributed by atoms with Crippen molar-refractivity contribution in [1.29, 1.82) is 0 Å². The van der Waals surface area contributed by atoms with Gasteiger partial charge in [0.05, 0.1) is 23.2 Å². The average molecular weight is 336 g/mol. The molecule has 1 heterocycles. The van der Waals surface area contributed by atoms with Gasteiger partial charge in [-0.1, -0.05) is 12.1 Å². The van der Waals surface area contributed by atoms with E-state index >= 15 is 0 Å². The van der Waals surface area contributed by atoms with Crippen LogP contribution in [-0.2, 0) is 6.54 Å². The lowest BCUT2D eigenvalue weighted by Crippen LogP contribution is -2.24. The summed E-state index contributed by atoms with van der Waals surface area (Å²) in [4.78, 5) is 24.2. The molecule has 0 radical (unpaired) electrons. The van der Waals surface area contributed by atoms with Crippen molar-refractivity contribution >= 4 is 21.7 Å². The molecule has 1 aromatic heterocycles. The molecule has 2 rings (SSSR count). The molecule has 5 heteroatoms. The molecule has 0 saturated carbocycles. The molecule has 0 bridgehead atoms. The molecule has 0 aliphatic rings. The van der Waals surface area contributed by atoms with E-state index in [4.69, 9.17) is 4.74 Å². The fourth-order valence-corrected chi connectivity index (χ4v) is 2.23. The van der Waals surface area contributed by atoms with Gasteiger partial charge in [-0.2, -0.15) is 0 Å². The average Bonchev–Trinajstić information content (AvgIpc) is 2.45. The summed E-state index contributed by atoms with van der Waals surface area (Å²) < 4.78 is 7.24. The number of hydrogen-bond donors (Lipinski definition) is 0. The minimum atomic E-state index is -0.227. The molecule has 0 atom stereocenters. The van der Waals surface area contributed by atoms with Gasteiger partial charge in [-0.3, -0.25) is 9.59 Å². The van der Waals surface area contributed by atoms with E-state index in [1.54, 1.807) is 36.5 Å². The number of nitrogens with zero attached hydrogens (tertiary/aromatic N) is 1. The highest BCUT2D eigenvalue weighted by molar-refractivity contribution is 9.10. The van der Waals surface area contributed by atoms with E-state index in [2.05, 4.69) is 15.9 Å². The van der Waals surface area contributed by atoms with Crippen LogP contribution in [0.3, 0.4) is 0 Å². The van der Waals surface area contributed by atoms with Crippen LogP contribution in [0.5, 0.6) is 5.75 Å². The third kappa shape index (κ3) is 3.17. The van der Waals surface area contributed by atoms with E-state index in [1.807, 2.05) is 13.0 Å². The SMILES string of the molecule is CCOc1ccccc1C(=O)Cn1cccc(Br)c1=O. The standard InChI is InChI=1S/C15H14BrNO3/c1-2-20-14-8-4-3-6-11(14)13(18)10-17-9-5-7-12(16)15(17)19/h3-9H,2,10H2,1H3.